The summed E-state index contributed by atoms with van der Waals surface area (Å²) in [5.41, 5.74) is 0. The molecule has 1 aromatic rings. The van der Waals surface area contributed by atoms with Crippen molar-refractivity contribution in [2.24, 2.45) is 0 Å². The van der Waals surface area contributed by atoms with Crippen LogP contribution in [-0.2, 0) is 9.59 Å². The number of rotatable bonds is 7. The van der Waals surface area contributed by atoms with Crippen molar-refractivity contribution in [3.63, 3.8) is 0 Å². The summed E-state index contributed by atoms with van der Waals surface area (Å²) in [6.07, 6.45) is 0.483. The molecule has 0 spiro atoms. The molecule has 1 fully saturated rings. The van der Waals surface area contributed by atoms with Gasteiger partial charge in [-0.3, -0.25) is 4.79 Å². The molecule has 0 bridgehead atoms. The molecule has 1 amide bonds. The zero-order valence-electron chi connectivity index (χ0n) is 9.89. The van der Waals surface area contributed by atoms with E-state index in [2.05, 4.69) is 20.8 Å². The number of carbonyl (C=O) groups is 2. The van der Waals surface area contributed by atoms with E-state index in [1.165, 1.54) is 11.8 Å². The van der Waals surface area contributed by atoms with E-state index in [0.29, 0.717) is 11.2 Å². The van der Waals surface area contributed by atoms with E-state index in [-0.39, 0.29) is 18.2 Å². The van der Waals surface area contributed by atoms with Crippen molar-refractivity contribution >= 4 is 23.6 Å². The Bertz CT molecular complexity index is 475. The number of aliphatic hydroxyl groups excluding tert-OH is 1. The molecule has 0 aliphatic heterocycles. The van der Waals surface area contributed by atoms with Crippen LogP contribution < -0.4 is 5.32 Å². The van der Waals surface area contributed by atoms with Gasteiger partial charge in [-0.1, -0.05) is 11.8 Å². The summed E-state index contributed by atoms with van der Waals surface area (Å²) < 4.78 is 1.68. The predicted octanol–water partition coefficient (Wildman–Crippen LogP) is -1.34. The van der Waals surface area contributed by atoms with Gasteiger partial charge in [-0.2, -0.15) is 0 Å². The number of tetrazole rings is 1. The van der Waals surface area contributed by atoms with Crippen molar-refractivity contribution in [1.29, 1.82) is 0 Å². The standard InChI is InChI=1S/C9H13N5O4S/c15-6(8(17)18)3-10-7(16)4-19-9-11-12-13-14(9)5-1-2-5/h5-6,15H,1-4H2,(H,10,16)(H,17,18)/t6-/m0/s1. The molecule has 3 N–H and O–H groups in total. The Kier molecular flexibility index (Phi) is 4.32. The Morgan fingerprint density at radius 1 is 1.53 bits per heavy atom. The number of carboxylic acid groups (broad SMARTS) is 1. The highest BCUT2D eigenvalue weighted by Crippen LogP contribution is 2.36. The number of nitrogens with one attached hydrogen (secondary N) is 1. The first-order valence-corrected chi connectivity index (χ1v) is 6.64. The van der Waals surface area contributed by atoms with Crippen molar-refractivity contribution in [2.45, 2.75) is 30.1 Å². The maximum atomic E-state index is 11.4. The summed E-state index contributed by atoms with van der Waals surface area (Å²) in [5.74, 6) is -1.68. The predicted molar refractivity (Wildman–Crippen MR) is 63.5 cm³/mol. The van der Waals surface area contributed by atoms with Crippen LogP contribution in [0.25, 0.3) is 0 Å². The molecule has 1 aliphatic rings. The van der Waals surface area contributed by atoms with Gasteiger partial charge in [0, 0.05) is 0 Å². The van der Waals surface area contributed by atoms with Gasteiger partial charge in [0.25, 0.3) is 0 Å². The molecule has 1 atom stereocenters. The van der Waals surface area contributed by atoms with Gasteiger partial charge >= 0.3 is 5.97 Å². The summed E-state index contributed by atoms with van der Waals surface area (Å²) in [4.78, 5) is 21.8. The highest BCUT2D eigenvalue weighted by Gasteiger charge is 2.28. The minimum atomic E-state index is -1.59. The second-order valence-electron chi connectivity index (χ2n) is 4.08. The molecule has 1 aromatic heterocycles. The van der Waals surface area contributed by atoms with Crippen molar-refractivity contribution in [3.8, 4) is 0 Å². The molecule has 0 saturated heterocycles. The van der Waals surface area contributed by atoms with Crippen LogP contribution in [0, 0.1) is 0 Å². The van der Waals surface area contributed by atoms with Gasteiger partial charge in [-0.05, 0) is 23.3 Å². The monoisotopic (exact) mass is 287 g/mol. The van der Waals surface area contributed by atoms with Crippen molar-refractivity contribution in [3.05, 3.63) is 0 Å². The fourth-order valence-electron chi connectivity index (χ4n) is 1.31. The lowest BCUT2D eigenvalue weighted by molar-refractivity contribution is -0.146. The summed E-state index contributed by atoms with van der Waals surface area (Å²) in [5, 5.41) is 31.5. The Hall–Kier alpha value is -1.68. The van der Waals surface area contributed by atoms with E-state index in [0.717, 1.165) is 12.8 Å². The molecule has 0 radical (unpaired) electrons. The first-order chi connectivity index (χ1) is 9.08. The van der Waals surface area contributed by atoms with Crippen LogP contribution in [0.1, 0.15) is 18.9 Å². The molecule has 1 aliphatic carbocycles. The Balaban J connectivity index is 1.74. The second-order valence-corrected chi connectivity index (χ2v) is 5.03. The molecule has 10 heteroatoms. The number of aromatic nitrogens is 4. The molecule has 0 unspecified atom stereocenters. The van der Waals surface area contributed by atoms with Gasteiger partial charge in [-0.25, -0.2) is 9.48 Å². The van der Waals surface area contributed by atoms with Gasteiger partial charge < -0.3 is 15.5 Å². The molecule has 2 rings (SSSR count). The van der Waals surface area contributed by atoms with Gasteiger partial charge in [-0.15, -0.1) is 5.10 Å². The largest absolute Gasteiger partial charge is 0.479 e. The lowest BCUT2D eigenvalue weighted by Gasteiger charge is -2.07. The average Bonchev–Trinajstić information content (AvgIpc) is 3.12. The molecule has 1 heterocycles. The van der Waals surface area contributed by atoms with E-state index in [4.69, 9.17) is 10.2 Å². The van der Waals surface area contributed by atoms with E-state index >= 15 is 0 Å². The van der Waals surface area contributed by atoms with Gasteiger partial charge in [0.1, 0.15) is 0 Å². The Morgan fingerprint density at radius 2 is 2.26 bits per heavy atom. The van der Waals surface area contributed by atoms with Crippen molar-refractivity contribution in [2.75, 3.05) is 12.3 Å². The third-order valence-electron chi connectivity index (χ3n) is 2.47. The third-order valence-corrected chi connectivity index (χ3v) is 3.40. The van der Waals surface area contributed by atoms with Gasteiger partial charge in [0.05, 0.1) is 18.3 Å². The number of nitrogens with zero attached hydrogens (tertiary/aromatic N) is 4. The maximum Gasteiger partial charge on any atom is 0.334 e. The minimum Gasteiger partial charge on any atom is -0.479 e. The number of carbonyl (C=O) groups excluding carboxylic acids is 1. The van der Waals surface area contributed by atoms with Crippen LogP contribution in [0.5, 0.6) is 0 Å². The van der Waals surface area contributed by atoms with Gasteiger partial charge in [0.2, 0.25) is 11.1 Å². The van der Waals surface area contributed by atoms with Crippen LogP contribution in [0.3, 0.4) is 0 Å². The van der Waals surface area contributed by atoms with E-state index in [1.807, 2.05) is 0 Å². The highest BCUT2D eigenvalue weighted by molar-refractivity contribution is 7.99. The topological polar surface area (TPSA) is 130 Å². The average molecular weight is 287 g/mol. The first kappa shape index (κ1) is 13.7. The third kappa shape index (κ3) is 3.89. The smallest absolute Gasteiger partial charge is 0.334 e. The van der Waals surface area contributed by atoms with Crippen LogP contribution in [0.4, 0.5) is 0 Å². The van der Waals surface area contributed by atoms with E-state index in [9.17, 15) is 9.59 Å². The lowest BCUT2D eigenvalue weighted by atomic mass is 10.3. The Labute approximate surface area is 112 Å². The quantitative estimate of drug-likeness (QED) is 0.525. The number of hydrogen-bond donors (Lipinski definition) is 3. The maximum absolute atomic E-state index is 11.4. The van der Waals surface area contributed by atoms with Crippen LogP contribution in [0.2, 0.25) is 0 Å². The van der Waals surface area contributed by atoms with Gasteiger partial charge in [0.15, 0.2) is 6.10 Å². The second kappa shape index (κ2) is 5.97. The summed E-state index contributed by atoms with van der Waals surface area (Å²) in [6, 6.07) is 0.328. The molecule has 1 saturated carbocycles. The fraction of sp³-hybridized carbons (Fsp3) is 0.667. The molecular weight excluding hydrogens is 274 g/mol. The number of aliphatic hydroxyl groups is 1. The van der Waals surface area contributed by atoms with E-state index < -0.39 is 12.1 Å². The van der Waals surface area contributed by atoms with Crippen LogP contribution in [0.15, 0.2) is 5.16 Å². The zero-order valence-corrected chi connectivity index (χ0v) is 10.7. The summed E-state index contributed by atoms with van der Waals surface area (Å²) in [6.45, 7) is -0.317. The van der Waals surface area contributed by atoms with Crippen LogP contribution >= 0.6 is 11.8 Å². The number of carboxylic acids is 1. The zero-order chi connectivity index (χ0) is 13.8. The molecule has 9 nitrogen and oxygen atoms in total. The highest BCUT2D eigenvalue weighted by atomic mass is 32.2. The van der Waals surface area contributed by atoms with Crippen LogP contribution in [-0.4, -0.2) is 60.7 Å². The fourth-order valence-corrected chi connectivity index (χ4v) is 2.08. The lowest BCUT2D eigenvalue weighted by Crippen LogP contribution is -2.37. The molecule has 0 aromatic carbocycles. The Morgan fingerprint density at radius 3 is 2.89 bits per heavy atom. The number of aliphatic carboxylic acids is 1. The van der Waals surface area contributed by atoms with E-state index in [1.54, 1.807) is 4.68 Å². The first-order valence-electron chi connectivity index (χ1n) is 5.66. The minimum absolute atomic E-state index is 0.0689. The molecule has 19 heavy (non-hydrogen) atoms. The summed E-state index contributed by atoms with van der Waals surface area (Å²) >= 11 is 1.18. The number of thioether (sulfide) groups is 1. The SMILES string of the molecule is O=C(CSc1nnnn1C1CC1)NC[C@H](O)C(=O)O. The molecular formula is C9H13N5O4S. The summed E-state index contributed by atoms with van der Waals surface area (Å²) in [7, 11) is 0. The number of hydrogen-bond acceptors (Lipinski definition) is 7. The van der Waals surface area contributed by atoms with Crippen molar-refractivity contribution < 1.29 is 19.8 Å². The normalized spacial score (nSPS) is 16.1. The molecule has 104 valence electrons. The van der Waals surface area contributed by atoms with Crippen molar-refractivity contribution in [1.82, 2.24) is 25.5 Å². The number of amides is 1.